The van der Waals surface area contributed by atoms with Crippen LogP contribution in [0.5, 0.6) is 0 Å². The van der Waals surface area contributed by atoms with Crippen molar-refractivity contribution in [2.75, 3.05) is 12.4 Å². The third kappa shape index (κ3) is 4.17. The summed E-state index contributed by atoms with van der Waals surface area (Å²) in [6.45, 7) is 1.43. The highest BCUT2D eigenvalue weighted by atomic mass is 32.2. The Labute approximate surface area is 93.0 Å². The van der Waals surface area contributed by atoms with Crippen molar-refractivity contribution in [1.29, 1.82) is 0 Å². The van der Waals surface area contributed by atoms with E-state index in [1.54, 1.807) is 19.2 Å². The molecule has 0 aliphatic heterocycles. The molecule has 15 heavy (non-hydrogen) atoms. The molecule has 1 heterocycles. The Morgan fingerprint density at radius 1 is 1.40 bits per heavy atom. The zero-order valence-electron chi connectivity index (χ0n) is 8.50. The van der Waals surface area contributed by atoms with Gasteiger partial charge in [0.1, 0.15) is 0 Å². The summed E-state index contributed by atoms with van der Waals surface area (Å²) in [5, 5.41) is 27.0. The first-order valence-electron chi connectivity index (χ1n) is 4.69. The van der Waals surface area contributed by atoms with Crippen molar-refractivity contribution in [3.63, 3.8) is 0 Å². The molecular formula is C10H15NO3S. The maximum atomic E-state index is 9.23. The number of pyridine rings is 1. The van der Waals surface area contributed by atoms with Gasteiger partial charge in [-0.2, -0.15) is 0 Å². The van der Waals surface area contributed by atoms with E-state index in [1.807, 2.05) is 6.07 Å². The van der Waals surface area contributed by atoms with Crippen molar-refractivity contribution >= 4 is 11.8 Å². The highest BCUT2D eigenvalue weighted by Crippen LogP contribution is 2.19. The third-order valence-electron chi connectivity index (χ3n) is 1.84. The maximum Gasteiger partial charge on any atom is 0.0931 e. The number of thioether (sulfide) groups is 1. The summed E-state index contributed by atoms with van der Waals surface area (Å²) in [5.41, 5.74) is 0.627. The molecule has 0 aliphatic rings. The molecule has 0 saturated heterocycles. The molecule has 1 aromatic rings. The van der Waals surface area contributed by atoms with E-state index in [0.717, 1.165) is 4.90 Å². The fraction of sp³-hybridized carbons (Fsp3) is 0.500. The number of aliphatic hydroxyl groups is 3. The molecule has 5 heteroatoms. The van der Waals surface area contributed by atoms with Crippen molar-refractivity contribution in [3.05, 3.63) is 24.0 Å². The number of rotatable bonds is 5. The second-order valence-corrected chi connectivity index (χ2v) is 4.34. The average Bonchev–Trinajstić information content (AvgIpc) is 2.26. The van der Waals surface area contributed by atoms with Crippen LogP contribution in [-0.2, 0) is 0 Å². The lowest BCUT2D eigenvalue weighted by Gasteiger charge is -2.07. The summed E-state index contributed by atoms with van der Waals surface area (Å²) < 4.78 is 0. The average molecular weight is 229 g/mol. The summed E-state index contributed by atoms with van der Waals surface area (Å²) in [6.07, 6.45) is 0.384. The van der Waals surface area contributed by atoms with E-state index in [0.29, 0.717) is 11.4 Å². The van der Waals surface area contributed by atoms with E-state index in [2.05, 4.69) is 4.98 Å². The van der Waals surface area contributed by atoms with Gasteiger partial charge in [-0.1, -0.05) is 0 Å². The monoisotopic (exact) mass is 229 g/mol. The zero-order chi connectivity index (χ0) is 11.3. The van der Waals surface area contributed by atoms with E-state index in [1.165, 1.54) is 11.8 Å². The van der Waals surface area contributed by atoms with Gasteiger partial charge >= 0.3 is 0 Å². The van der Waals surface area contributed by atoms with Gasteiger partial charge in [-0.15, -0.1) is 11.8 Å². The topological polar surface area (TPSA) is 73.6 Å². The Morgan fingerprint density at radius 2 is 2.13 bits per heavy atom. The van der Waals surface area contributed by atoms with Gasteiger partial charge < -0.3 is 15.3 Å². The Morgan fingerprint density at radius 3 is 2.60 bits per heavy atom. The van der Waals surface area contributed by atoms with Gasteiger partial charge in [0.25, 0.3) is 0 Å². The molecule has 0 fully saturated rings. The zero-order valence-corrected chi connectivity index (χ0v) is 9.31. The minimum Gasteiger partial charge on any atom is -0.394 e. The molecule has 1 rings (SSSR count). The lowest BCUT2D eigenvalue weighted by molar-refractivity contribution is 0.113. The molecule has 3 N–H and O–H groups in total. The van der Waals surface area contributed by atoms with Crippen LogP contribution in [0.3, 0.4) is 0 Å². The number of aliphatic hydroxyl groups excluding tert-OH is 3. The lowest BCUT2D eigenvalue weighted by atomic mass is 10.2. The van der Waals surface area contributed by atoms with Gasteiger partial charge in [-0.05, 0) is 19.1 Å². The molecule has 0 bridgehead atoms. The van der Waals surface area contributed by atoms with Crippen molar-refractivity contribution in [2.24, 2.45) is 0 Å². The first-order valence-corrected chi connectivity index (χ1v) is 5.67. The highest BCUT2D eigenvalue weighted by Gasteiger charge is 2.05. The Kier molecular flexibility index (Phi) is 5.04. The summed E-state index contributed by atoms with van der Waals surface area (Å²) in [7, 11) is 0. The molecular weight excluding hydrogens is 214 g/mol. The van der Waals surface area contributed by atoms with Gasteiger partial charge in [-0.3, -0.25) is 4.98 Å². The minimum atomic E-state index is -0.702. The highest BCUT2D eigenvalue weighted by molar-refractivity contribution is 7.99. The number of aromatic nitrogens is 1. The minimum absolute atomic E-state index is 0.230. The number of hydrogen-bond donors (Lipinski definition) is 3. The fourth-order valence-electron chi connectivity index (χ4n) is 0.969. The lowest BCUT2D eigenvalue weighted by Crippen LogP contribution is -2.14. The van der Waals surface area contributed by atoms with Crippen LogP contribution in [-0.4, -0.2) is 38.8 Å². The van der Waals surface area contributed by atoms with Crippen LogP contribution in [0.15, 0.2) is 23.2 Å². The summed E-state index contributed by atoms with van der Waals surface area (Å²) >= 11 is 1.42. The SMILES string of the molecule is CC(O)c1ccc(SCC(O)CO)cn1. The van der Waals surface area contributed by atoms with Gasteiger partial charge in [0.15, 0.2) is 0 Å². The van der Waals surface area contributed by atoms with Gasteiger partial charge in [0, 0.05) is 16.8 Å². The van der Waals surface area contributed by atoms with E-state index >= 15 is 0 Å². The van der Waals surface area contributed by atoms with Crippen LogP contribution in [0.1, 0.15) is 18.7 Å². The molecule has 84 valence electrons. The predicted molar refractivity (Wildman–Crippen MR) is 58.7 cm³/mol. The first kappa shape index (κ1) is 12.4. The quantitative estimate of drug-likeness (QED) is 0.644. The summed E-state index contributed by atoms with van der Waals surface area (Å²) in [4.78, 5) is 4.98. The Bertz CT molecular complexity index is 289. The molecule has 2 atom stereocenters. The molecule has 0 spiro atoms. The van der Waals surface area contributed by atoms with E-state index < -0.39 is 12.2 Å². The number of nitrogens with zero attached hydrogens (tertiary/aromatic N) is 1. The van der Waals surface area contributed by atoms with Crippen molar-refractivity contribution in [3.8, 4) is 0 Å². The van der Waals surface area contributed by atoms with Gasteiger partial charge in [0.2, 0.25) is 0 Å². The number of hydrogen-bond acceptors (Lipinski definition) is 5. The molecule has 4 nitrogen and oxygen atoms in total. The fourth-order valence-corrected chi connectivity index (χ4v) is 1.75. The largest absolute Gasteiger partial charge is 0.394 e. The molecule has 2 unspecified atom stereocenters. The maximum absolute atomic E-state index is 9.23. The van der Waals surface area contributed by atoms with Crippen LogP contribution in [0.25, 0.3) is 0 Å². The van der Waals surface area contributed by atoms with Crippen LogP contribution < -0.4 is 0 Å². The van der Waals surface area contributed by atoms with Crippen molar-refractivity contribution in [1.82, 2.24) is 4.98 Å². The van der Waals surface area contributed by atoms with E-state index in [9.17, 15) is 5.11 Å². The molecule has 0 amide bonds. The normalized spacial score (nSPS) is 14.9. The molecule has 0 aliphatic carbocycles. The van der Waals surface area contributed by atoms with Gasteiger partial charge in [0.05, 0.1) is 24.5 Å². The second kappa shape index (κ2) is 6.07. The third-order valence-corrected chi connectivity index (χ3v) is 2.97. The van der Waals surface area contributed by atoms with E-state index in [-0.39, 0.29) is 6.61 Å². The smallest absolute Gasteiger partial charge is 0.0931 e. The van der Waals surface area contributed by atoms with Crippen LogP contribution >= 0.6 is 11.8 Å². The van der Waals surface area contributed by atoms with Crippen LogP contribution in [0.4, 0.5) is 0 Å². The van der Waals surface area contributed by atoms with Crippen molar-refractivity contribution < 1.29 is 15.3 Å². The van der Waals surface area contributed by atoms with Crippen molar-refractivity contribution in [2.45, 2.75) is 24.0 Å². The summed E-state index contributed by atoms with van der Waals surface area (Å²) in [5.74, 6) is 0.437. The molecule has 1 aromatic heterocycles. The predicted octanol–water partition coefficient (Wildman–Crippen LogP) is 0.580. The van der Waals surface area contributed by atoms with Crippen LogP contribution in [0, 0.1) is 0 Å². The summed E-state index contributed by atoms with van der Waals surface area (Å²) in [6, 6.07) is 3.59. The Balaban J connectivity index is 2.50. The Hall–Kier alpha value is -0.620. The van der Waals surface area contributed by atoms with Crippen LogP contribution in [0.2, 0.25) is 0 Å². The van der Waals surface area contributed by atoms with E-state index in [4.69, 9.17) is 10.2 Å². The molecule has 0 radical (unpaired) electrons. The molecule has 0 saturated carbocycles. The first-order chi connectivity index (χ1) is 7.13. The molecule has 0 aromatic carbocycles. The second-order valence-electron chi connectivity index (χ2n) is 3.24. The van der Waals surface area contributed by atoms with Gasteiger partial charge in [-0.25, -0.2) is 0 Å². The standard InChI is InChI=1S/C10H15NO3S/c1-7(13)10-3-2-9(4-11-10)15-6-8(14)5-12/h2-4,7-8,12-14H,5-6H2,1H3.